The normalized spacial score (nSPS) is 13.6. The molecule has 0 saturated heterocycles. The Hall–Kier alpha value is -2.44. The van der Waals surface area contributed by atoms with Crippen LogP contribution in [0, 0.1) is 0 Å². The first-order valence-corrected chi connectivity index (χ1v) is 7.03. The molecule has 2 amide bonds. The number of pyridine rings is 1. The number of aromatic nitrogens is 1. The standard InChI is InChI=1S/C14H21N5O2/c1-2-3-6-21-12-4-5-17-11(7-12)8-18-13-9-16-10-19(13)14(15)20/h4-5,7,9,16,18H,2-3,6,8,10H2,1H3,(H2,15,20). The minimum absolute atomic E-state index is 0.380. The molecule has 0 aliphatic carbocycles. The molecule has 1 aliphatic heterocycles. The van der Waals surface area contributed by atoms with Gasteiger partial charge in [0, 0.05) is 18.5 Å². The number of hydrogen-bond donors (Lipinski definition) is 3. The van der Waals surface area contributed by atoms with Gasteiger partial charge in [0.05, 0.1) is 25.5 Å². The highest BCUT2D eigenvalue weighted by Gasteiger charge is 2.18. The summed E-state index contributed by atoms with van der Waals surface area (Å²) in [6, 6.07) is 3.23. The van der Waals surface area contributed by atoms with E-state index in [0.29, 0.717) is 25.6 Å². The molecule has 0 spiro atoms. The highest BCUT2D eigenvalue weighted by molar-refractivity contribution is 5.74. The Morgan fingerprint density at radius 1 is 1.62 bits per heavy atom. The van der Waals surface area contributed by atoms with Crippen molar-refractivity contribution >= 4 is 6.03 Å². The fraction of sp³-hybridized carbons (Fsp3) is 0.429. The molecule has 0 saturated carbocycles. The summed E-state index contributed by atoms with van der Waals surface area (Å²) in [6.07, 6.45) is 5.56. The Bertz CT molecular complexity index is 518. The van der Waals surface area contributed by atoms with Gasteiger partial charge in [0.15, 0.2) is 0 Å². The molecule has 0 radical (unpaired) electrons. The van der Waals surface area contributed by atoms with Crippen LogP contribution in [-0.4, -0.2) is 29.2 Å². The molecule has 2 heterocycles. The summed E-state index contributed by atoms with van der Waals surface area (Å²) in [5.74, 6) is 1.45. The lowest BCUT2D eigenvalue weighted by atomic mass is 10.3. The average Bonchev–Trinajstić information content (AvgIpc) is 2.94. The van der Waals surface area contributed by atoms with E-state index in [1.54, 1.807) is 12.4 Å². The zero-order valence-corrected chi connectivity index (χ0v) is 12.1. The van der Waals surface area contributed by atoms with Gasteiger partial charge in [-0.1, -0.05) is 13.3 Å². The van der Waals surface area contributed by atoms with Crippen LogP contribution in [0.2, 0.25) is 0 Å². The van der Waals surface area contributed by atoms with Crippen LogP contribution in [0.3, 0.4) is 0 Å². The van der Waals surface area contributed by atoms with E-state index in [9.17, 15) is 4.79 Å². The van der Waals surface area contributed by atoms with Gasteiger partial charge in [-0.25, -0.2) is 4.79 Å². The van der Waals surface area contributed by atoms with Gasteiger partial charge in [0.2, 0.25) is 0 Å². The van der Waals surface area contributed by atoms with Crippen LogP contribution in [-0.2, 0) is 6.54 Å². The van der Waals surface area contributed by atoms with Gasteiger partial charge >= 0.3 is 6.03 Å². The number of nitrogens with zero attached hydrogens (tertiary/aromatic N) is 2. The Labute approximate surface area is 124 Å². The van der Waals surface area contributed by atoms with Gasteiger partial charge in [0.1, 0.15) is 11.6 Å². The number of hydrogen-bond acceptors (Lipinski definition) is 5. The second-order valence-electron chi connectivity index (χ2n) is 4.70. The SMILES string of the molecule is CCCCOc1ccnc(CNC2=CNCN2C(N)=O)c1. The summed E-state index contributed by atoms with van der Waals surface area (Å²) in [5.41, 5.74) is 6.11. The lowest BCUT2D eigenvalue weighted by Crippen LogP contribution is -2.39. The number of nitrogens with one attached hydrogen (secondary N) is 2. The molecule has 1 aromatic rings. The van der Waals surface area contributed by atoms with Crippen LogP contribution >= 0.6 is 0 Å². The molecular weight excluding hydrogens is 270 g/mol. The quantitative estimate of drug-likeness (QED) is 0.654. The number of unbranched alkanes of at least 4 members (excludes halogenated alkanes) is 1. The Morgan fingerprint density at radius 3 is 3.24 bits per heavy atom. The Morgan fingerprint density at radius 2 is 2.48 bits per heavy atom. The molecule has 1 aliphatic rings. The topological polar surface area (TPSA) is 92.5 Å². The third-order valence-electron chi connectivity index (χ3n) is 3.05. The zero-order chi connectivity index (χ0) is 15.1. The van der Waals surface area contributed by atoms with Crippen molar-refractivity contribution in [1.82, 2.24) is 20.5 Å². The third-order valence-corrected chi connectivity index (χ3v) is 3.05. The van der Waals surface area contributed by atoms with Crippen molar-refractivity contribution in [2.75, 3.05) is 13.3 Å². The monoisotopic (exact) mass is 291 g/mol. The van der Waals surface area contributed by atoms with E-state index in [1.165, 1.54) is 4.90 Å². The minimum Gasteiger partial charge on any atom is -0.493 e. The lowest BCUT2D eigenvalue weighted by molar-refractivity contribution is 0.220. The predicted octanol–water partition coefficient (Wildman–Crippen LogP) is 1.09. The van der Waals surface area contributed by atoms with Crippen molar-refractivity contribution in [3.63, 3.8) is 0 Å². The van der Waals surface area contributed by atoms with Gasteiger partial charge in [0.25, 0.3) is 0 Å². The smallest absolute Gasteiger partial charge is 0.321 e. The summed E-state index contributed by atoms with van der Waals surface area (Å²) in [7, 11) is 0. The predicted molar refractivity (Wildman–Crippen MR) is 79.0 cm³/mol. The Balaban J connectivity index is 1.88. The van der Waals surface area contributed by atoms with E-state index in [-0.39, 0.29) is 0 Å². The number of urea groups is 1. The van der Waals surface area contributed by atoms with Crippen LogP contribution in [0.15, 0.2) is 30.4 Å². The van der Waals surface area contributed by atoms with E-state index in [2.05, 4.69) is 22.5 Å². The second kappa shape index (κ2) is 7.37. The van der Waals surface area contributed by atoms with E-state index < -0.39 is 6.03 Å². The summed E-state index contributed by atoms with van der Waals surface area (Å²) < 4.78 is 5.64. The first kappa shape index (κ1) is 15.0. The van der Waals surface area contributed by atoms with E-state index in [4.69, 9.17) is 10.5 Å². The van der Waals surface area contributed by atoms with Crippen LogP contribution < -0.4 is 21.1 Å². The van der Waals surface area contributed by atoms with Crippen molar-refractivity contribution in [2.24, 2.45) is 5.73 Å². The molecular formula is C14H21N5O2. The van der Waals surface area contributed by atoms with Crippen molar-refractivity contribution < 1.29 is 9.53 Å². The maximum atomic E-state index is 11.2. The number of carbonyl (C=O) groups is 1. The number of carbonyl (C=O) groups excluding carboxylic acids is 1. The van der Waals surface area contributed by atoms with Gasteiger partial charge in [-0.3, -0.25) is 9.88 Å². The van der Waals surface area contributed by atoms with Gasteiger partial charge < -0.3 is 21.1 Å². The summed E-state index contributed by atoms with van der Waals surface area (Å²) >= 11 is 0. The van der Waals surface area contributed by atoms with E-state index in [0.717, 1.165) is 24.3 Å². The minimum atomic E-state index is -0.497. The van der Waals surface area contributed by atoms with Gasteiger partial charge in [-0.05, 0) is 12.5 Å². The van der Waals surface area contributed by atoms with Gasteiger partial charge in [-0.2, -0.15) is 0 Å². The summed E-state index contributed by atoms with van der Waals surface area (Å²) in [4.78, 5) is 16.9. The van der Waals surface area contributed by atoms with Crippen LogP contribution in [0.4, 0.5) is 4.79 Å². The van der Waals surface area contributed by atoms with E-state index >= 15 is 0 Å². The first-order chi connectivity index (χ1) is 10.2. The molecule has 4 N–H and O–H groups in total. The number of amides is 2. The Kier molecular flexibility index (Phi) is 5.25. The van der Waals surface area contributed by atoms with E-state index in [1.807, 2.05) is 12.1 Å². The second-order valence-corrected chi connectivity index (χ2v) is 4.70. The molecule has 2 rings (SSSR count). The van der Waals surface area contributed by atoms with Crippen molar-refractivity contribution in [3.05, 3.63) is 36.0 Å². The number of rotatable bonds is 7. The first-order valence-electron chi connectivity index (χ1n) is 7.03. The van der Waals surface area contributed by atoms with Crippen molar-refractivity contribution in [3.8, 4) is 5.75 Å². The molecule has 0 unspecified atom stereocenters. The fourth-order valence-electron chi connectivity index (χ4n) is 1.90. The molecule has 7 nitrogen and oxygen atoms in total. The maximum Gasteiger partial charge on any atom is 0.321 e. The molecule has 21 heavy (non-hydrogen) atoms. The van der Waals surface area contributed by atoms with Crippen LogP contribution in [0.25, 0.3) is 0 Å². The molecule has 7 heteroatoms. The average molecular weight is 291 g/mol. The lowest BCUT2D eigenvalue weighted by Gasteiger charge is -2.17. The third kappa shape index (κ3) is 4.27. The number of primary amides is 1. The van der Waals surface area contributed by atoms with Crippen molar-refractivity contribution in [2.45, 2.75) is 26.3 Å². The summed E-state index contributed by atoms with van der Waals surface area (Å²) in [6.45, 7) is 3.70. The number of nitrogens with two attached hydrogens (primary N) is 1. The summed E-state index contributed by atoms with van der Waals surface area (Å²) in [5, 5.41) is 6.07. The molecule has 114 valence electrons. The molecule has 0 bridgehead atoms. The number of ether oxygens (including phenoxy) is 1. The zero-order valence-electron chi connectivity index (χ0n) is 12.1. The molecule has 0 aromatic carbocycles. The molecule has 0 fully saturated rings. The highest BCUT2D eigenvalue weighted by Crippen LogP contribution is 2.12. The van der Waals surface area contributed by atoms with Crippen LogP contribution in [0.5, 0.6) is 5.75 Å². The van der Waals surface area contributed by atoms with Gasteiger partial charge in [-0.15, -0.1) is 0 Å². The van der Waals surface area contributed by atoms with Crippen LogP contribution in [0.1, 0.15) is 25.5 Å². The fourth-order valence-corrected chi connectivity index (χ4v) is 1.90. The maximum absolute atomic E-state index is 11.2. The molecule has 0 atom stereocenters. The largest absolute Gasteiger partial charge is 0.493 e. The highest BCUT2D eigenvalue weighted by atomic mass is 16.5. The van der Waals surface area contributed by atoms with Crippen molar-refractivity contribution in [1.29, 1.82) is 0 Å². The molecule has 1 aromatic heterocycles.